The second-order valence-electron chi connectivity index (χ2n) is 8.87. The van der Waals surface area contributed by atoms with Gasteiger partial charge in [0.05, 0.1) is 12.0 Å². The van der Waals surface area contributed by atoms with Crippen LogP contribution in [0.15, 0.2) is 54.6 Å². The quantitative estimate of drug-likeness (QED) is 0.696. The molecule has 1 fully saturated rings. The minimum Gasteiger partial charge on any atom is -0.491 e. The number of carbonyl (C=O) groups is 2. The number of para-hydroxylation sites is 1. The highest BCUT2D eigenvalue weighted by Gasteiger charge is 2.44. The van der Waals surface area contributed by atoms with E-state index in [0.29, 0.717) is 31.8 Å². The fraction of sp³-hybridized carbons (Fsp3) is 0.462. The van der Waals surface area contributed by atoms with Gasteiger partial charge in [0.15, 0.2) is 0 Å². The van der Waals surface area contributed by atoms with Crippen LogP contribution in [0.25, 0.3) is 0 Å². The third-order valence-electron chi connectivity index (χ3n) is 6.69. The molecule has 5 heteroatoms. The molecular formula is C26H32N2O3. The fourth-order valence-electron chi connectivity index (χ4n) is 4.98. The molecular weight excluding hydrogens is 388 g/mol. The van der Waals surface area contributed by atoms with Crippen LogP contribution in [-0.4, -0.2) is 54.9 Å². The summed E-state index contributed by atoms with van der Waals surface area (Å²) in [7, 11) is 1.86. The molecule has 1 spiro atoms. The summed E-state index contributed by atoms with van der Waals surface area (Å²) in [6.07, 6.45) is 5.43. The highest BCUT2D eigenvalue weighted by Crippen LogP contribution is 2.38. The van der Waals surface area contributed by atoms with Gasteiger partial charge in [-0.05, 0) is 55.9 Å². The molecule has 1 saturated heterocycles. The van der Waals surface area contributed by atoms with Crippen LogP contribution in [0.3, 0.4) is 0 Å². The number of ether oxygens (including phenoxy) is 1. The first-order valence-electron chi connectivity index (χ1n) is 11.4. The molecule has 2 aromatic rings. The van der Waals surface area contributed by atoms with E-state index in [0.717, 1.165) is 44.3 Å². The van der Waals surface area contributed by atoms with E-state index in [-0.39, 0.29) is 11.8 Å². The van der Waals surface area contributed by atoms with Crippen LogP contribution in [0.2, 0.25) is 0 Å². The van der Waals surface area contributed by atoms with Gasteiger partial charge in [0.2, 0.25) is 5.91 Å². The highest BCUT2D eigenvalue weighted by atomic mass is 16.5. The van der Waals surface area contributed by atoms with Crippen LogP contribution in [0.5, 0.6) is 5.75 Å². The zero-order chi connectivity index (χ0) is 21.7. The van der Waals surface area contributed by atoms with E-state index < -0.39 is 5.41 Å². The Morgan fingerprint density at radius 1 is 0.935 bits per heavy atom. The smallest absolute Gasteiger partial charge is 0.253 e. The minimum atomic E-state index is -0.504. The summed E-state index contributed by atoms with van der Waals surface area (Å²) >= 11 is 0. The number of rotatable bonds is 1. The molecule has 0 radical (unpaired) electrons. The number of hydrogen-bond donors (Lipinski definition) is 0. The van der Waals surface area contributed by atoms with E-state index in [4.69, 9.17) is 4.74 Å². The van der Waals surface area contributed by atoms with E-state index >= 15 is 0 Å². The average Bonchev–Trinajstić information content (AvgIpc) is 2.81. The van der Waals surface area contributed by atoms with E-state index in [1.807, 2.05) is 54.4 Å². The summed E-state index contributed by atoms with van der Waals surface area (Å²) in [5, 5.41) is 0. The van der Waals surface area contributed by atoms with Gasteiger partial charge in [-0.3, -0.25) is 9.59 Å². The molecule has 1 unspecified atom stereocenters. The van der Waals surface area contributed by atoms with Gasteiger partial charge in [0.1, 0.15) is 12.4 Å². The first-order valence-corrected chi connectivity index (χ1v) is 11.4. The Bertz CT molecular complexity index is 914. The summed E-state index contributed by atoms with van der Waals surface area (Å²) in [5.74, 6) is 1.10. The molecule has 1 atom stereocenters. The molecule has 0 aromatic heterocycles. The monoisotopic (exact) mass is 420 g/mol. The van der Waals surface area contributed by atoms with Gasteiger partial charge in [-0.15, -0.1) is 0 Å². The van der Waals surface area contributed by atoms with Gasteiger partial charge < -0.3 is 14.5 Å². The molecule has 2 aliphatic rings. The van der Waals surface area contributed by atoms with Crippen molar-refractivity contribution in [2.24, 2.45) is 5.41 Å². The first kappa shape index (κ1) is 21.4. The van der Waals surface area contributed by atoms with Crippen molar-refractivity contribution in [3.05, 3.63) is 65.7 Å². The van der Waals surface area contributed by atoms with Crippen LogP contribution in [0.4, 0.5) is 0 Å². The molecule has 0 N–H and O–H groups in total. The van der Waals surface area contributed by atoms with E-state index in [1.54, 1.807) is 4.90 Å². The van der Waals surface area contributed by atoms with E-state index in [1.165, 1.54) is 5.56 Å². The predicted molar refractivity (Wildman–Crippen MR) is 121 cm³/mol. The molecule has 0 bridgehead atoms. The maximum Gasteiger partial charge on any atom is 0.253 e. The minimum absolute atomic E-state index is 0.0264. The lowest BCUT2D eigenvalue weighted by Gasteiger charge is -2.44. The Hall–Kier alpha value is -2.82. The predicted octanol–water partition coefficient (Wildman–Crippen LogP) is 4.17. The zero-order valence-corrected chi connectivity index (χ0v) is 18.4. The number of piperidine rings is 1. The molecule has 4 rings (SSSR count). The number of aryl methyl sites for hydroxylation is 1. The molecule has 5 nitrogen and oxygen atoms in total. The molecule has 0 saturated carbocycles. The first-order chi connectivity index (χ1) is 15.1. The lowest BCUT2D eigenvalue weighted by Crippen LogP contribution is -2.54. The summed E-state index contributed by atoms with van der Waals surface area (Å²) in [6.45, 7) is 2.23. The van der Waals surface area contributed by atoms with E-state index in [2.05, 4.69) is 12.1 Å². The molecule has 2 aliphatic heterocycles. The number of carbonyl (C=O) groups excluding carboxylic acids is 2. The second kappa shape index (κ2) is 9.54. The SMILES string of the molecule is CN1CCOc2ccccc2CCCCC2(CCCN(C(=O)c3ccccc3)C2)C1=O. The molecule has 164 valence electrons. The maximum absolute atomic E-state index is 13.6. The van der Waals surface area contributed by atoms with Gasteiger partial charge in [-0.25, -0.2) is 0 Å². The van der Waals surface area contributed by atoms with Crippen molar-refractivity contribution in [2.75, 3.05) is 33.3 Å². The van der Waals surface area contributed by atoms with Crippen LogP contribution in [-0.2, 0) is 11.2 Å². The Kier molecular flexibility index (Phi) is 6.59. The lowest BCUT2D eigenvalue weighted by atomic mass is 9.74. The summed E-state index contributed by atoms with van der Waals surface area (Å²) < 4.78 is 6.01. The number of hydrogen-bond acceptors (Lipinski definition) is 3. The Morgan fingerprint density at radius 3 is 2.52 bits per heavy atom. The summed E-state index contributed by atoms with van der Waals surface area (Å²) in [5.41, 5.74) is 1.42. The fourth-order valence-corrected chi connectivity index (χ4v) is 4.98. The number of likely N-dealkylation sites (tertiary alicyclic amines) is 1. The van der Waals surface area contributed by atoms with Crippen LogP contribution >= 0.6 is 0 Å². The third-order valence-corrected chi connectivity index (χ3v) is 6.69. The normalized spacial score (nSPS) is 22.8. The van der Waals surface area contributed by atoms with E-state index in [9.17, 15) is 9.59 Å². The van der Waals surface area contributed by atoms with Crippen molar-refractivity contribution >= 4 is 11.8 Å². The van der Waals surface area contributed by atoms with Crippen molar-refractivity contribution in [2.45, 2.75) is 38.5 Å². The molecule has 0 aliphatic carbocycles. The van der Waals surface area contributed by atoms with Gasteiger partial charge in [-0.2, -0.15) is 0 Å². The Morgan fingerprint density at radius 2 is 1.68 bits per heavy atom. The average molecular weight is 421 g/mol. The molecule has 2 amide bonds. The highest BCUT2D eigenvalue weighted by molar-refractivity contribution is 5.95. The van der Waals surface area contributed by atoms with Crippen LogP contribution in [0, 0.1) is 5.41 Å². The summed E-state index contributed by atoms with van der Waals surface area (Å²) in [6, 6.07) is 17.6. The lowest BCUT2D eigenvalue weighted by molar-refractivity contribution is -0.144. The van der Waals surface area contributed by atoms with Crippen LogP contribution < -0.4 is 4.74 Å². The summed E-state index contributed by atoms with van der Waals surface area (Å²) in [4.78, 5) is 30.4. The maximum atomic E-state index is 13.6. The van der Waals surface area contributed by atoms with Crippen molar-refractivity contribution in [3.63, 3.8) is 0 Å². The zero-order valence-electron chi connectivity index (χ0n) is 18.4. The molecule has 2 heterocycles. The Balaban J connectivity index is 1.54. The van der Waals surface area contributed by atoms with Gasteiger partial charge in [0.25, 0.3) is 5.91 Å². The van der Waals surface area contributed by atoms with Gasteiger partial charge in [-0.1, -0.05) is 42.8 Å². The number of fused-ring (bicyclic) bond motifs is 1. The van der Waals surface area contributed by atoms with Crippen molar-refractivity contribution in [3.8, 4) is 5.75 Å². The third kappa shape index (κ3) is 4.76. The van der Waals surface area contributed by atoms with Gasteiger partial charge in [0, 0.05) is 25.7 Å². The van der Waals surface area contributed by atoms with Crippen molar-refractivity contribution in [1.82, 2.24) is 9.80 Å². The topological polar surface area (TPSA) is 49.9 Å². The number of benzene rings is 2. The molecule has 2 aromatic carbocycles. The Labute approximate surface area is 185 Å². The largest absolute Gasteiger partial charge is 0.491 e. The van der Waals surface area contributed by atoms with Gasteiger partial charge >= 0.3 is 0 Å². The molecule has 31 heavy (non-hydrogen) atoms. The van der Waals surface area contributed by atoms with Crippen molar-refractivity contribution < 1.29 is 14.3 Å². The number of amides is 2. The number of nitrogens with zero attached hydrogens (tertiary/aromatic N) is 2. The van der Waals surface area contributed by atoms with Crippen LogP contribution in [0.1, 0.15) is 48.0 Å². The standard InChI is InChI=1S/C26H32N2O3/c1-27-18-19-31-23-14-6-5-10-21(23)11-7-8-15-26(25(27)30)16-9-17-28(20-26)24(29)22-12-3-2-4-13-22/h2-6,10,12-14H,7-9,11,15-20H2,1H3. The second-order valence-corrected chi connectivity index (χ2v) is 8.87. The number of likely N-dealkylation sites (N-methyl/N-ethyl adjacent to an activating group) is 1. The van der Waals surface area contributed by atoms with Crippen molar-refractivity contribution in [1.29, 1.82) is 0 Å².